The van der Waals surface area contributed by atoms with Crippen LogP contribution in [-0.4, -0.2) is 41.6 Å². The maximum Gasteiger partial charge on any atom is 0.326 e. The number of para-hydroxylation sites is 2. The van der Waals surface area contributed by atoms with Gasteiger partial charge in [-0.05, 0) is 23.3 Å². The second-order valence-electron chi connectivity index (χ2n) is 5.79. The van der Waals surface area contributed by atoms with Crippen molar-refractivity contribution >= 4 is 11.9 Å². The fourth-order valence-electron chi connectivity index (χ4n) is 2.97. The first-order valence-corrected chi connectivity index (χ1v) is 7.95. The highest BCUT2D eigenvalue weighted by Crippen LogP contribution is 2.27. The molecular formula is C19H19NO5. The van der Waals surface area contributed by atoms with E-state index in [1.165, 1.54) is 12.0 Å². The first-order valence-electron chi connectivity index (χ1n) is 7.95. The third kappa shape index (κ3) is 3.57. The van der Waals surface area contributed by atoms with Crippen LogP contribution in [-0.2, 0) is 22.6 Å². The minimum Gasteiger partial charge on any atom is -0.493 e. The van der Waals surface area contributed by atoms with E-state index < -0.39 is 12.0 Å². The molecule has 2 aromatic rings. The Morgan fingerprint density at radius 1 is 1.08 bits per heavy atom. The molecule has 1 atom stereocenters. The molecule has 6 nitrogen and oxygen atoms in total. The molecule has 0 bridgehead atoms. The number of carbonyl (C=O) groups is 2. The second-order valence-corrected chi connectivity index (χ2v) is 5.79. The lowest BCUT2D eigenvalue weighted by Gasteiger charge is -2.34. The predicted molar refractivity (Wildman–Crippen MR) is 90.6 cm³/mol. The molecule has 0 aliphatic carbocycles. The van der Waals surface area contributed by atoms with E-state index in [0.29, 0.717) is 17.9 Å². The van der Waals surface area contributed by atoms with Crippen molar-refractivity contribution in [1.29, 1.82) is 0 Å². The largest absolute Gasteiger partial charge is 0.493 e. The molecule has 1 unspecified atom stereocenters. The normalized spacial score (nSPS) is 16.0. The molecular weight excluding hydrogens is 322 g/mol. The van der Waals surface area contributed by atoms with Crippen LogP contribution in [0.1, 0.15) is 11.1 Å². The quantitative estimate of drug-likeness (QED) is 0.901. The van der Waals surface area contributed by atoms with E-state index in [4.69, 9.17) is 9.47 Å². The standard InChI is InChI=1S/C19H19NO5/c1-24-16-8-4-5-9-17(16)25-12-18(21)20-11-14-7-3-2-6-13(14)10-15(20)19(22)23/h2-9,15H,10-12H2,1H3,(H,22,23). The average Bonchev–Trinajstić information content (AvgIpc) is 2.65. The Hall–Kier alpha value is -3.02. The molecule has 1 N–H and O–H groups in total. The van der Waals surface area contributed by atoms with Crippen molar-refractivity contribution in [2.75, 3.05) is 13.7 Å². The molecule has 0 saturated heterocycles. The summed E-state index contributed by atoms with van der Waals surface area (Å²) in [5.74, 6) is -0.412. The number of ether oxygens (including phenoxy) is 2. The molecule has 2 aromatic carbocycles. The van der Waals surface area contributed by atoms with Gasteiger partial charge in [0.25, 0.3) is 5.91 Å². The smallest absolute Gasteiger partial charge is 0.326 e. The highest BCUT2D eigenvalue weighted by Gasteiger charge is 2.34. The number of fused-ring (bicyclic) bond motifs is 1. The summed E-state index contributed by atoms with van der Waals surface area (Å²) in [4.78, 5) is 25.6. The summed E-state index contributed by atoms with van der Waals surface area (Å²) in [6.45, 7) is 0.0214. The van der Waals surface area contributed by atoms with E-state index >= 15 is 0 Å². The number of amides is 1. The third-order valence-electron chi connectivity index (χ3n) is 4.27. The van der Waals surface area contributed by atoms with Gasteiger partial charge in [0.2, 0.25) is 0 Å². The van der Waals surface area contributed by atoms with Crippen LogP contribution in [0.25, 0.3) is 0 Å². The van der Waals surface area contributed by atoms with Crippen LogP contribution in [0, 0.1) is 0 Å². The van der Waals surface area contributed by atoms with Gasteiger partial charge in [-0.15, -0.1) is 0 Å². The highest BCUT2D eigenvalue weighted by molar-refractivity contribution is 5.85. The van der Waals surface area contributed by atoms with Gasteiger partial charge >= 0.3 is 5.97 Å². The van der Waals surface area contributed by atoms with Crippen LogP contribution in [0.5, 0.6) is 11.5 Å². The lowest BCUT2D eigenvalue weighted by atomic mass is 9.94. The Morgan fingerprint density at radius 3 is 2.40 bits per heavy atom. The minimum atomic E-state index is -1.01. The molecule has 0 fully saturated rings. The maximum atomic E-state index is 12.6. The number of nitrogens with zero attached hydrogens (tertiary/aromatic N) is 1. The topological polar surface area (TPSA) is 76.1 Å². The Kier molecular flexibility index (Phi) is 4.88. The van der Waals surface area contributed by atoms with E-state index in [2.05, 4.69) is 0 Å². The van der Waals surface area contributed by atoms with Gasteiger partial charge < -0.3 is 19.5 Å². The van der Waals surface area contributed by atoms with E-state index in [9.17, 15) is 14.7 Å². The average molecular weight is 341 g/mol. The van der Waals surface area contributed by atoms with Crippen molar-refractivity contribution in [3.8, 4) is 11.5 Å². The number of benzene rings is 2. The number of hydrogen-bond donors (Lipinski definition) is 1. The molecule has 3 rings (SSSR count). The Morgan fingerprint density at radius 2 is 1.72 bits per heavy atom. The maximum absolute atomic E-state index is 12.6. The lowest BCUT2D eigenvalue weighted by molar-refractivity contribution is -0.152. The summed E-state index contributed by atoms with van der Waals surface area (Å²) in [5, 5.41) is 9.50. The van der Waals surface area contributed by atoms with Gasteiger partial charge in [0.05, 0.1) is 7.11 Å². The van der Waals surface area contributed by atoms with Gasteiger partial charge in [-0.1, -0.05) is 36.4 Å². The van der Waals surface area contributed by atoms with Crippen LogP contribution >= 0.6 is 0 Å². The van der Waals surface area contributed by atoms with E-state index in [-0.39, 0.29) is 19.1 Å². The van der Waals surface area contributed by atoms with Gasteiger partial charge in [0.15, 0.2) is 18.1 Å². The molecule has 0 radical (unpaired) electrons. The van der Waals surface area contributed by atoms with Gasteiger partial charge in [-0.3, -0.25) is 4.79 Å². The molecule has 1 aliphatic rings. The molecule has 0 aromatic heterocycles. The monoisotopic (exact) mass is 341 g/mol. The fourth-order valence-corrected chi connectivity index (χ4v) is 2.97. The Bertz CT molecular complexity index is 789. The van der Waals surface area contributed by atoms with Crippen LogP contribution in [0.2, 0.25) is 0 Å². The van der Waals surface area contributed by atoms with Gasteiger partial charge in [-0.25, -0.2) is 4.79 Å². The zero-order valence-corrected chi connectivity index (χ0v) is 13.8. The molecule has 1 aliphatic heterocycles. The second kappa shape index (κ2) is 7.25. The zero-order valence-electron chi connectivity index (χ0n) is 13.8. The molecule has 0 spiro atoms. The molecule has 25 heavy (non-hydrogen) atoms. The van der Waals surface area contributed by atoms with Crippen molar-refractivity contribution in [1.82, 2.24) is 4.90 Å². The van der Waals surface area contributed by atoms with Gasteiger partial charge in [0, 0.05) is 13.0 Å². The molecule has 130 valence electrons. The Labute approximate surface area is 145 Å². The zero-order chi connectivity index (χ0) is 17.8. The number of aliphatic carboxylic acids is 1. The summed E-state index contributed by atoms with van der Waals surface area (Å²) in [5.41, 5.74) is 1.93. The summed E-state index contributed by atoms with van der Waals surface area (Å²) in [7, 11) is 1.52. The number of methoxy groups -OCH3 is 1. The summed E-state index contributed by atoms with van der Waals surface area (Å²) in [6, 6.07) is 13.7. The summed E-state index contributed by atoms with van der Waals surface area (Å²) in [6.07, 6.45) is 0.298. The lowest BCUT2D eigenvalue weighted by Crippen LogP contribution is -2.50. The molecule has 1 amide bonds. The van der Waals surface area contributed by atoms with Crippen molar-refractivity contribution in [3.63, 3.8) is 0 Å². The summed E-state index contributed by atoms with van der Waals surface area (Å²) < 4.78 is 10.7. The van der Waals surface area contributed by atoms with Crippen molar-refractivity contribution in [3.05, 3.63) is 59.7 Å². The van der Waals surface area contributed by atoms with E-state index in [1.54, 1.807) is 24.3 Å². The minimum absolute atomic E-state index is 0.244. The number of hydrogen-bond acceptors (Lipinski definition) is 4. The fraction of sp³-hybridized carbons (Fsp3) is 0.263. The highest BCUT2D eigenvalue weighted by atomic mass is 16.5. The predicted octanol–water partition coefficient (Wildman–Crippen LogP) is 2.11. The van der Waals surface area contributed by atoms with Gasteiger partial charge in [-0.2, -0.15) is 0 Å². The van der Waals surface area contributed by atoms with Crippen LogP contribution in [0.3, 0.4) is 0 Å². The SMILES string of the molecule is COc1ccccc1OCC(=O)N1Cc2ccccc2CC1C(=O)O. The van der Waals surface area contributed by atoms with Crippen LogP contribution < -0.4 is 9.47 Å². The summed E-state index contributed by atoms with van der Waals surface area (Å²) >= 11 is 0. The Balaban J connectivity index is 1.75. The number of rotatable bonds is 5. The van der Waals surface area contributed by atoms with Crippen LogP contribution in [0.4, 0.5) is 0 Å². The third-order valence-corrected chi connectivity index (χ3v) is 4.27. The number of carbonyl (C=O) groups excluding carboxylic acids is 1. The number of carboxylic acids is 1. The first-order chi connectivity index (χ1) is 12.1. The molecule has 6 heteroatoms. The van der Waals surface area contributed by atoms with Crippen LogP contribution in [0.15, 0.2) is 48.5 Å². The van der Waals surface area contributed by atoms with Crippen molar-refractivity contribution < 1.29 is 24.2 Å². The van der Waals surface area contributed by atoms with Crippen molar-refractivity contribution in [2.24, 2.45) is 0 Å². The molecule has 0 saturated carbocycles. The van der Waals surface area contributed by atoms with Gasteiger partial charge in [0.1, 0.15) is 6.04 Å². The molecule has 1 heterocycles. The van der Waals surface area contributed by atoms with E-state index in [0.717, 1.165) is 11.1 Å². The first kappa shape index (κ1) is 16.8. The van der Waals surface area contributed by atoms with Crippen molar-refractivity contribution in [2.45, 2.75) is 19.0 Å². The number of carboxylic acid groups (broad SMARTS) is 1. The van der Waals surface area contributed by atoms with E-state index in [1.807, 2.05) is 24.3 Å².